The molecule has 2 aliphatic rings. The number of aromatic nitrogens is 1. The number of amides is 4. The van der Waals surface area contributed by atoms with E-state index in [9.17, 15) is 27.6 Å². The second kappa shape index (κ2) is 7.28. The number of rotatable bonds is 4. The molecule has 11 heteroatoms. The maximum absolute atomic E-state index is 12.7. The highest BCUT2D eigenvalue weighted by atomic mass is 19.4. The lowest BCUT2D eigenvalue weighted by molar-refractivity contribution is -0.154. The molecule has 1 aromatic heterocycles. The highest BCUT2D eigenvalue weighted by Gasteiger charge is 2.52. The summed E-state index contributed by atoms with van der Waals surface area (Å²) in [5, 5.41) is 3.31. The molecule has 0 atom stereocenters. The summed E-state index contributed by atoms with van der Waals surface area (Å²) in [6.45, 7) is 0.567. The minimum absolute atomic E-state index is 0.0434. The maximum atomic E-state index is 12.7. The molecular weight excluding hydrogens is 381 g/mol. The minimum atomic E-state index is -4.51. The second-order valence-corrected chi connectivity index (χ2v) is 7.07. The zero-order valence-corrected chi connectivity index (χ0v) is 15.0. The second-order valence-electron chi connectivity index (χ2n) is 7.07. The van der Waals surface area contributed by atoms with Crippen molar-refractivity contribution in [3.63, 3.8) is 0 Å². The smallest absolute Gasteiger partial charge is 0.422 e. The normalized spacial score (nSPS) is 25.0. The average molecular weight is 400 g/mol. The Morgan fingerprint density at radius 3 is 2.61 bits per heavy atom. The topological polar surface area (TPSA) is 101 Å². The van der Waals surface area contributed by atoms with E-state index in [0.717, 1.165) is 25.1 Å². The van der Waals surface area contributed by atoms with Gasteiger partial charge in [0.1, 0.15) is 5.54 Å². The number of nitrogens with zero attached hydrogens (tertiary/aromatic N) is 2. The van der Waals surface area contributed by atoms with E-state index < -0.39 is 36.2 Å². The molecule has 1 spiro atoms. The number of hydrazine groups is 1. The van der Waals surface area contributed by atoms with Crippen LogP contribution in [0.2, 0.25) is 0 Å². The molecule has 8 nitrogen and oxygen atoms in total. The van der Waals surface area contributed by atoms with Gasteiger partial charge in [-0.3, -0.25) is 15.0 Å². The van der Waals surface area contributed by atoms with Gasteiger partial charge in [-0.1, -0.05) is 6.92 Å². The van der Waals surface area contributed by atoms with E-state index >= 15 is 0 Å². The van der Waals surface area contributed by atoms with Crippen LogP contribution in [0, 0.1) is 5.92 Å². The monoisotopic (exact) mass is 400 g/mol. The van der Waals surface area contributed by atoms with Gasteiger partial charge in [-0.2, -0.15) is 18.2 Å². The van der Waals surface area contributed by atoms with Gasteiger partial charge in [0, 0.05) is 12.3 Å². The standard InChI is InChI=1S/C17H19F3N4O4/c1-10-4-6-16(7-5-10)14(26)24(15(27)22-16)23-13(25)11-2-3-12(21-8-11)28-9-17(18,19)20/h2-3,8,10H,4-7,9H2,1H3,(H,22,27)(H,23,25). The van der Waals surface area contributed by atoms with Gasteiger partial charge < -0.3 is 10.1 Å². The number of hydrogen-bond acceptors (Lipinski definition) is 5. The van der Waals surface area contributed by atoms with Gasteiger partial charge in [-0.15, -0.1) is 0 Å². The number of pyridine rings is 1. The van der Waals surface area contributed by atoms with Crippen molar-refractivity contribution in [2.75, 3.05) is 6.61 Å². The average Bonchev–Trinajstić information content (AvgIpc) is 2.86. The highest BCUT2D eigenvalue weighted by molar-refractivity contribution is 6.09. The lowest BCUT2D eigenvalue weighted by atomic mass is 9.77. The van der Waals surface area contributed by atoms with Gasteiger partial charge in [0.25, 0.3) is 11.8 Å². The maximum Gasteiger partial charge on any atom is 0.422 e. The molecule has 4 amide bonds. The fraction of sp³-hybridized carbons (Fsp3) is 0.529. The number of carbonyl (C=O) groups is 3. The molecule has 152 valence electrons. The molecule has 0 unspecified atom stereocenters. The first-order chi connectivity index (χ1) is 13.1. The third kappa shape index (κ3) is 4.18. The van der Waals surface area contributed by atoms with Crippen molar-refractivity contribution in [2.24, 2.45) is 5.92 Å². The zero-order valence-electron chi connectivity index (χ0n) is 15.0. The summed E-state index contributed by atoms with van der Waals surface area (Å²) in [7, 11) is 0. The van der Waals surface area contributed by atoms with E-state index in [1.54, 1.807) is 0 Å². The van der Waals surface area contributed by atoms with E-state index in [4.69, 9.17) is 0 Å². The number of imide groups is 1. The van der Waals surface area contributed by atoms with E-state index in [-0.39, 0.29) is 11.4 Å². The molecule has 1 saturated carbocycles. The van der Waals surface area contributed by atoms with Crippen LogP contribution < -0.4 is 15.5 Å². The van der Waals surface area contributed by atoms with Crippen LogP contribution in [0.4, 0.5) is 18.0 Å². The SMILES string of the molecule is CC1CCC2(CC1)NC(=O)N(NC(=O)c1ccc(OCC(F)(F)F)nc1)C2=O. The van der Waals surface area contributed by atoms with Crippen LogP contribution in [0.15, 0.2) is 18.3 Å². The molecule has 1 saturated heterocycles. The number of nitrogens with one attached hydrogen (secondary N) is 2. The summed E-state index contributed by atoms with van der Waals surface area (Å²) in [6.07, 6.45) is -0.935. The number of alkyl halides is 3. The van der Waals surface area contributed by atoms with Crippen LogP contribution in [0.5, 0.6) is 5.88 Å². The summed E-state index contributed by atoms with van der Waals surface area (Å²) >= 11 is 0. The predicted octanol–water partition coefficient (Wildman–Crippen LogP) is 2.17. The van der Waals surface area contributed by atoms with Gasteiger partial charge in [-0.05, 0) is 37.7 Å². The molecular formula is C17H19F3N4O4. The van der Waals surface area contributed by atoms with Crippen LogP contribution in [0.1, 0.15) is 43.0 Å². The van der Waals surface area contributed by atoms with Gasteiger partial charge >= 0.3 is 12.2 Å². The largest absolute Gasteiger partial charge is 0.468 e. The number of ether oxygens (including phenoxy) is 1. The van der Waals surface area contributed by atoms with Crippen LogP contribution in [-0.2, 0) is 4.79 Å². The molecule has 0 radical (unpaired) electrons. The zero-order chi connectivity index (χ0) is 20.5. The molecule has 2 N–H and O–H groups in total. The minimum Gasteiger partial charge on any atom is -0.468 e. The Hall–Kier alpha value is -2.85. The van der Waals surface area contributed by atoms with Crippen molar-refractivity contribution in [3.8, 4) is 5.88 Å². The number of carbonyl (C=O) groups excluding carboxylic acids is 3. The number of hydrogen-bond donors (Lipinski definition) is 2. The van der Waals surface area contributed by atoms with E-state index in [1.807, 2.05) is 0 Å². The third-order valence-electron chi connectivity index (χ3n) is 4.89. The van der Waals surface area contributed by atoms with Gasteiger partial charge in [-0.25, -0.2) is 9.78 Å². The summed E-state index contributed by atoms with van der Waals surface area (Å²) in [5.74, 6) is -1.15. The Labute approximate surface area is 158 Å². The fourth-order valence-electron chi connectivity index (χ4n) is 3.24. The number of halogens is 3. The molecule has 0 aromatic carbocycles. The Morgan fingerprint density at radius 1 is 1.36 bits per heavy atom. The molecule has 3 rings (SSSR count). The first-order valence-electron chi connectivity index (χ1n) is 8.73. The Bertz CT molecular complexity index is 774. The molecule has 1 aromatic rings. The lowest BCUT2D eigenvalue weighted by Crippen LogP contribution is -2.51. The van der Waals surface area contributed by atoms with E-state index in [0.29, 0.717) is 23.8 Å². The van der Waals surface area contributed by atoms with Crippen LogP contribution in [0.25, 0.3) is 0 Å². The fourth-order valence-corrected chi connectivity index (χ4v) is 3.24. The van der Waals surface area contributed by atoms with Crippen molar-refractivity contribution < 1.29 is 32.3 Å². The highest BCUT2D eigenvalue weighted by Crippen LogP contribution is 2.35. The molecule has 28 heavy (non-hydrogen) atoms. The summed E-state index contributed by atoms with van der Waals surface area (Å²) in [5.41, 5.74) is 1.19. The van der Waals surface area contributed by atoms with Gasteiger partial charge in [0.15, 0.2) is 6.61 Å². The van der Waals surface area contributed by atoms with Crippen molar-refractivity contribution in [1.82, 2.24) is 20.7 Å². The molecule has 2 heterocycles. The number of urea groups is 1. The molecule has 1 aliphatic heterocycles. The molecule has 2 fully saturated rings. The van der Waals surface area contributed by atoms with Crippen LogP contribution >= 0.6 is 0 Å². The summed E-state index contributed by atoms with van der Waals surface area (Å²) in [4.78, 5) is 40.8. The van der Waals surface area contributed by atoms with E-state index in [1.165, 1.54) is 6.07 Å². The van der Waals surface area contributed by atoms with Crippen molar-refractivity contribution in [1.29, 1.82) is 0 Å². The summed E-state index contributed by atoms with van der Waals surface area (Å²) in [6, 6.07) is 1.56. The van der Waals surface area contributed by atoms with Crippen LogP contribution in [-0.4, -0.2) is 46.2 Å². The quantitative estimate of drug-likeness (QED) is 0.755. The first kappa shape index (κ1) is 19.9. The van der Waals surface area contributed by atoms with Gasteiger partial charge in [0.05, 0.1) is 5.56 Å². The lowest BCUT2D eigenvalue weighted by Gasteiger charge is -2.33. The van der Waals surface area contributed by atoms with Crippen molar-refractivity contribution >= 4 is 17.8 Å². The van der Waals surface area contributed by atoms with Crippen molar-refractivity contribution in [3.05, 3.63) is 23.9 Å². The van der Waals surface area contributed by atoms with Crippen molar-refractivity contribution in [2.45, 2.75) is 44.3 Å². The van der Waals surface area contributed by atoms with Crippen LogP contribution in [0.3, 0.4) is 0 Å². The third-order valence-corrected chi connectivity index (χ3v) is 4.89. The van der Waals surface area contributed by atoms with E-state index in [2.05, 4.69) is 27.4 Å². The Balaban J connectivity index is 1.63. The molecule has 1 aliphatic carbocycles. The predicted molar refractivity (Wildman–Crippen MR) is 89.0 cm³/mol. The molecule has 0 bridgehead atoms. The summed E-state index contributed by atoms with van der Waals surface area (Å²) < 4.78 is 40.8. The Morgan fingerprint density at radius 2 is 2.04 bits per heavy atom. The van der Waals surface area contributed by atoms with Gasteiger partial charge in [0.2, 0.25) is 5.88 Å². The first-order valence-corrected chi connectivity index (χ1v) is 8.73. The Kier molecular flexibility index (Phi) is 5.18.